The predicted molar refractivity (Wildman–Crippen MR) is 161 cm³/mol. The molecule has 0 saturated heterocycles. The van der Waals surface area contributed by atoms with Crippen molar-refractivity contribution in [2.75, 3.05) is 13.1 Å². The number of rotatable bonds is 11. The molecule has 4 rings (SSSR count). The van der Waals surface area contributed by atoms with Crippen molar-refractivity contribution in [2.45, 2.75) is 65.7 Å². The molecule has 42 heavy (non-hydrogen) atoms. The van der Waals surface area contributed by atoms with Crippen LogP contribution in [0.3, 0.4) is 0 Å². The Kier molecular flexibility index (Phi) is 15.1. The first-order chi connectivity index (χ1) is 18.4. The molecule has 236 valence electrons. The van der Waals surface area contributed by atoms with E-state index in [4.69, 9.17) is 0 Å². The maximum absolute atomic E-state index is 11.6. The average molecular weight is 702 g/mol. The summed E-state index contributed by atoms with van der Waals surface area (Å²) in [4.78, 5) is 4.52. The van der Waals surface area contributed by atoms with Gasteiger partial charge in [-0.1, -0.05) is 43.0 Å². The van der Waals surface area contributed by atoms with Crippen LogP contribution in [0.4, 0.5) is 11.4 Å². The van der Waals surface area contributed by atoms with Gasteiger partial charge in [-0.25, -0.2) is 0 Å². The van der Waals surface area contributed by atoms with E-state index in [1.54, 1.807) is 23.5 Å². The Morgan fingerprint density at radius 2 is 1.40 bits per heavy atom. The molecule has 2 aliphatic heterocycles. The monoisotopic (exact) mass is 700 g/mol. The molecular weight excluding hydrogens is 663 g/mol. The van der Waals surface area contributed by atoms with Crippen molar-refractivity contribution >= 4 is 55.1 Å². The van der Waals surface area contributed by atoms with E-state index in [1.165, 1.54) is 13.8 Å². The fraction of sp³-hybridized carbons (Fsp3) is 0.407. The fourth-order valence-electron chi connectivity index (χ4n) is 4.73. The van der Waals surface area contributed by atoms with Gasteiger partial charge in [0.05, 0.1) is 33.4 Å². The number of hydrogen-bond acceptors (Lipinski definition) is 6. The number of fused-ring (bicyclic) bond motifs is 2. The van der Waals surface area contributed by atoms with Gasteiger partial charge in [0.2, 0.25) is 0 Å². The molecule has 2 aliphatic rings. The van der Waals surface area contributed by atoms with Gasteiger partial charge in [-0.3, -0.25) is 18.9 Å². The third kappa shape index (κ3) is 9.45. The zero-order valence-electron chi connectivity index (χ0n) is 23.5. The third-order valence-electron chi connectivity index (χ3n) is 7.29. The van der Waals surface area contributed by atoms with Crippen molar-refractivity contribution in [1.82, 2.24) is 0 Å². The second kappa shape index (κ2) is 16.3. The van der Waals surface area contributed by atoms with Gasteiger partial charge in [-0.2, -0.15) is 16.8 Å². The molecular formula is C27H38Cl2N2O7S4. The fourth-order valence-corrected chi connectivity index (χ4v) is 8.18. The highest BCUT2D eigenvalue weighted by molar-refractivity contribution is 8.03. The van der Waals surface area contributed by atoms with Crippen LogP contribution in [0, 0.1) is 0 Å². The lowest BCUT2D eigenvalue weighted by Gasteiger charge is -2.21. The number of quaternary nitrogens is 2. The van der Waals surface area contributed by atoms with E-state index in [0.29, 0.717) is 25.9 Å². The smallest absolute Gasteiger partial charge is 0.267 e. The molecule has 0 aliphatic carbocycles. The number of nitrogens with one attached hydrogen (secondary N) is 2. The average Bonchev–Trinajstić information content (AvgIpc) is 3.41. The normalized spacial score (nSPS) is 22.3. The summed E-state index contributed by atoms with van der Waals surface area (Å²) in [6.07, 6.45) is 5.87. The molecule has 5 atom stereocenters. The van der Waals surface area contributed by atoms with Gasteiger partial charge in [0, 0.05) is 31.1 Å². The van der Waals surface area contributed by atoms with E-state index in [1.807, 2.05) is 24.3 Å². The zero-order valence-corrected chi connectivity index (χ0v) is 28.2. The molecule has 0 radical (unpaired) electrons. The lowest BCUT2D eigenvalue weighted by Crippen LogP contribution is -3.09. The van der Waals surface area contributed by atoms with Crippen molar-refractivity contribution in [3.05, 3.63) is 71.3 Å². The summed E-state index contributed by atoms with van der Waals surface area (Å²) in [7, 11) is -8.19. The molecule has 15 heteroatoms. The van der Waals surface area contributed by atoms with Crippen LogP contribution >= 0.6 is 23.5 Å². The summed E-state index contributed by atoms with van der Waals surface area (Å²) >= 11 is 3.42. The number of para-hydroxylation sites is 2. The van der Waals surface area contributed by atoms with Crippen LogP contribution in [0.25, 0.3) is 0 Å². The van der Waals surface area contributed by atoms with Crippen LogP contribution in [-0.2, 0) is 20.2 Å². The summed E-state index contributed by atoms with van der Waals surface area (Å²) in [6, 6.07) is 16.2. The summed E-state index contributed by atoms with van der Waals surface area (Å²) in [5.74, 6) is 0. The Balaban J connectivity index is 0.00000294. The van der Waals surface area contributed by atoms with Gasteiger partial charge < -0.3 is 30.3 Å². The Hall–Kier alpha value is -1.10. The molecule has 0 spiro atoms. The van der Waals surface area contributed by atoms with Crippen LogP contribution in [0.15, 0.2) is 81.1 Å². The SMILES string of the molecule is CCC(=CC1Sc2ccccc2[NH+]1CCC(C)S(=O)(=O)O)C=C1Sc2ccccc2[NH+]1CCC(C)S(=O)(=O)O.O.[Cl-].[Cl-]. The lowest BCUT2D eigenvalue weighted by molar-refractivity contribution is -0.835. The van der Waals surface area contributed by atoms with Crippen LogP contribution in [-0.4, -0.2) is 60.4 Å². The quantitative estimate of drug-likeness (QED) is 0.178. The highest BCUT2D eigenvalue weighted by Crippen LogP contribution is 2.37. The van der Waals surface area contributed by atoms with Gasteiger partial charge in [0.25, 0.3) is 20.2 Å². The zero-order chi connectivity index (χ0) is 28.4. The number of halogens is 2. The van der Waals surface area contributed by atoms with E-state index in [-0.39, 0.29) is 35.7 Å². The van der Waals surface area contributed by atoms with E-state index in [2.05, 4.69) is 43.3 Å². The largest absolute Gasteiger partial charge is 1.00 e. The van der Waals surface area contributed by atoms with Crippen molar-refractivity contribution < 1.29 is 66.0 Å². The number of hydrogen-bond donors (Lipinski definition) is 4. The van der Waals surface area contributed by atoms with Crippen LogP contribution in [0.1, 0.15) is 40.0 Å². The van der Waals surface area contributed by atoms with Gasteiger partial charge in [0.15, 0.2) is 16.1 Å². The summed E-state index contributed by atoms with van der Waals surface area (Å²) in [6.45, 7) is 6.25. The molecule has 0 aromatic heterocycles. The number of allylic oxidation sites excluding steroid dienone is 2. The Labute approximate surface area is 269 Å². The first-order valence-electron chi connectivity index (χ1n) is 13.0. The molecule has 6 N–H and O–H groups in total. The van der Waals surface area contributed by atoms with Gasteiger partial charge >= 0.3 is 0 Å². The molecule has 2 aromatic carbocycles. The highest BCUT2D eigenvalue weighted by Gasteiger charge is 2.36. The molecule has 0 saturated carbocycles. The summed E-state index contributed by atoms with van der Waals surface area (Å²) < 4.78 is 65.4. The van der Waals surface area contributed by atoms with Crippen molar-refractivity contribution in [2.24, 2.45) is 0 Å². The minimum Gasteiger partial charge on any atom is -1.00 e. The van der Waals surface area contributed by atoms with Crippen molar-refractivity contribution in [3.63, 3.8) is 0 Å². The minimum absolute atomic E-state index is 0. The van der Waals surface area contributed by atoms with E-state index < -0.39 is 30.7 Å². The van der Waals surface area contributed by atoms with Crippen molar-refractivity contribution in [3.8, 4) is 0 Å². The van der Waals surface area contributed by atoms with E-state index in [9.17, 15) is 25.9 Å². The molecule has 5 unspecified atom stereocenters. The molecule has 2 heterocycles. The summed E-state index contributed by atoms with van der Waals surface area (Å²) in [5, 5.41) is -0.565. The highest BCUT2D eigenvalue weighted by atomic mass is 35.5. The molecule has 0 fully saturated rings. The Bertz CT molecular complexity index is 1490. The van der Waals surface area contributed by atoms with Gasteiger partial charge in [0.1, 0.15) is 5.69 Å². The minimum atomic E-state index is -4.10. The number of benzene rings is 2. The summed E-state index contributed by atoms with van der Waals surface area (Å²) in [5.41, 5.74) is 3.36. The number of thioether (sulfide) groups is 2. The first kappa shape index (κ1) is 38.9. The Morgan fingerprint density at radius 3 is 1.98 bits per heavy atom. The van der Waals surface area contributed by atoms with Crippen molar-refractivity contribution in [1.29, 1.82) is 0 Å². The first-order valence-corrected chi connectivity index (χ1v) is 17.7. The van der Waals surface area contributed by atoms with E-state index >= 15 is 0 Å². The van der Waals surface area contributed by atoms with E-state index in [0.717, 1.165) is 48.0 Å². The topological polar surface area (TPSA) is 149 Å². The lowest BCUT2D eigenvalue weighted by atomic mass is 10.1. The predicted octanol–water partition coefficient (Wildman–Crippen LogP) is -3.35. The molecule has 2 aromatic rings. The van der Waals surface area contributed by atoms with Gasteiger partial charge in [-0.15, -0.1) is 0 Å². The van der Waals surface area contributed by atoms with Crippen LogP contribution in [0.2, 0.25) is 0 Å². The molecule has 0 amide bonds. The van der Waals surface area contributed by atoms with Gasteiger partial charge in [-0.05, 0) is 55.8 Å². The van der Waals surface area contributed by atoms with Crippen LogP contribution in [0.5, 0.6) is 0 Å². The molecule has 0 bridgehead atoms. The second-order valence-corrected chi connectivity index (χ2v) is 15.9. The molecule has 9 nitrogen and oxygen atoms in total. The second-order valence-electron chi connectivity index (χ2n) is 9.97. The standard InChI is InChI=1S/C27H34N2O6S4.2ClH.H2O/c1-4-21(17-26-28(15-13-19(2)38(30,31)32)22-9-5-7-11-24(22)36-26)18-27-29(16-14-20(3)39(33,34)35)23-10-6-8-12-25(23)37-27;;;/h5-12,17-20,26H,4,13-16H2,1-3H3,(H,30,31,32)(H,33,34,35);2*1H;1H2. The maximum Gasteiger partial charge on any atom is 0.267 e. The van der Waals surface area contributed by atoms with Crippen LogP contribution < -0.4 is 34.6 Å². The Morgan fingerprint density at radius 1 is 0.881 bits per heavy atom. The maximum atomic E-state index is 11.6. The third-order valence-corrected chi connectivity index (χ3v) is 12.2.